The van der Waals surface area contributed by atoms with E-state index in [1.165, 1.54) is 11.3 Å². The third kappa shape index (κ3) is 3.49. The monoisotopic (exact) mass is 260 g/mol. The molecule has 0 bridgehead atoms. The lowest BCUT2D eigenvalue weighted by Crippen LogP contribution is -2.30. The third-order valence-corrected chi connectivity index (χ3v) is 3.14. The predicted molar refractivity (Wildman–Crippen MR) is 69.6 cm³/mol. The summed E-state index contributed by atoms with van der Waals surface area (Å²) in [5, 5.41) is 4.76. The van der Waals surface area contributed by atoms with E-state index in [0.717, 1.165) is 5.56 Å². The number of hydrogen-bond donors (Lipinski definition) is 1. The maximum absolute atomic E-state index is 11.6. The number of nitrogens with one attached hydrogen (secondary N) is 1. The summed E-state index contributed by atoms with van der Waals surface area (Å²) in [5.74, 6) is -0.322. The lowest BCUT2D eigenvalue weighted by molar-refractivity contribution is -0.120. The van der Waals surface area contributed by atoms with Gasteiger partial charge in [-0.3, -0.25) is 9.59 Å². The van der Waals surface area contributed by atoms with Crippen molar-refractivity contribution in [3.63, 3.8) is 0 Å². The van der Waals surface area contributed by atoms with Crippen LogP contribution in [0.15, 0.2) is 41.9 Å². The normalized spacial score (nSPS) is 10.0. The fourth-order valence-electron chi connectivity index (χ4n) is 1.46. The molecule has 1 amide bonds. The zero-order valence-corrected chi connectivity index (χ0v) is 10.4. The van der Waals surface area contributed by atoms with E-state index in [1.54, 1.807) is 11.6 Å². The molecule has 0 spiro atoms. The van der Waals surface area contributed by atoms with Crippen molar-refractivity contribution in [1.82, 2.24) is 10.3 Å². The van der Waals surface area contributed by atoms with Crippen molar-refractivity contribution in [2.75, 3.05) is 6.54 Å². The van der Waals surface area contributed by atoms with Crippen molar-refractivity contribution < 1.29 is 9.59 Å². The third-order valence-electron chi connectivity index (χ3n) is 2.32. The molecule has 0 saturated heterocycles. The van der Waals surface area contributed by atoms with Crippen LogP contribution in [0.1, 0.15) is 15.4 Å². The van der Waals surface area contributed by atoms with Crippen LogP contribution in [0.4, 0.5) is 0 Å². The second kappa shape index (κ2) is 6.07. The highest BCUT2D eigenvalue weighted by atomic mass is 32.1. The first-order valence-corrected chi connectivity index (χ1v) is 6.37. The second-order valence-corrected chi connectivity index (χ2v) is 4.59. The molecular weight excluding hydrogens is 248 g/mol. The van der Waals surface area contributed by atoms with Crippen molar-refractivity contribution in [1.29, 1.82) is 0 Å². The van der Waals surface area contributed by atoms with Crippen LogP contribution in [0.3, 0.4) is 0 Å². The van der Waals surface area contributed by atoms with Gasteiger partial charge in [0.15, 0.2) is 5.01 Å². The summed E-state index contributed by atoms with van der Waals surface area (Å²) in [6.07, 6.45) is 1.86. The summed E-state index contributed by atoms with van der Waals surface area (Å²) in [4.78, 5) is 27.1. The Labute approximate surface area is 109 Å². The molecule has 2 rings (SSSR count). The fraction of sp³-hybridized carbons (Fsp3) is 0.154. The molecular formula is C13H12N2O2S. The summed E-state index contributed by atoms with van der Waals surface area (Å²) in [6, 6.07) is 9.41. The molecule has 4 nitrogen and oxygen atoms in total. The summed E-state index contributed by atoms with van der Waals surface area (Å²) < 4.78 is 0. The maximum Gasteiger partial charge on any atom is 0.224 e. The van der Waals surface area contributed by atoms with Gasteiger partial charge in [0.05, 0.1) is 13.0 Å². The van der Waals surface area contributed by atoms with Gasteiger partial charge in [0.1, 0.15) is 0 Å². The number of ketones is 1. The molecule has 1 aromatic heterocycles. The molecule has 0 radical (unpaired) electrons. The van der Waals surface area contributed by atoms with Gasteiger partial charge >= 0.3 is 0 Å². The minimum Gasteiger partial charge on any atom is -0.348 e. The minimum absolute atomic E-state index is 0.000813. The van der Waals surface area contributed by atoms with Gasteiger partial charge in [-0.15, -0.1) is 11.3 Å². The Kier molecular flexibility index (Phi) is 4.20. The second-order valence-electron chi connectivity index (χ2n) is 3.70. The SMILES string of the molecule is O=C(Cc1ccccc1)NCC(=O)c1nccs1. The molecule has 0 aliphatic rings. The molecule has 18 heavy (non-hydrogen) atoms. The van der Waals surface area contributed by atoms with E-state index < -0.39 is 0 Å². The largest absolute Gasteiger partial charge is 0.348 e. The van der Waals surface area contributed by atoms with E-state index in [0.29, 0.717) is 5.01 Å². The number of hydrogen-bond acceptors (Lipinski definition) is 4. The molecule has 1 N–H and O–H groups in total. The van der Waals surface area contributed by atoms with Crippen molar-refractivity contribution in [2.45, 2.75) is 6.42 Å². The van der Waals surface area contributed by atoms with Crippen molar-refractivity contribution in [3.05, 3.63) is 52.5 Å². The molecule has 0 fully saturated rings. The van der Waals surface area contributed by atoms with Crippen LogP contribution in [0.25, 0.3) is 0 Å². The molecule has 5 heteroatoms. The average Bonchev–Trinajstić information content (AvgIpc) is 2.91. The van der Waals surface area contributed by atoms with Gasteiger partial charge in [-0.2, -0.15) is 0 Å². The number of amides is 1. The number of nitrogens with zero attached hydrogens (tertiary/aromatic N) is 1. The Bertz CT molecular complexity index is 523. The van der Waals surface area contributed by atoms with Crippen LogP contribution in [0, 0.1) is 0 Å². The highest BCUT2D eigenvalue weighted by Crippen LogP contribution is 2.04. The highest BCUT2D eigenvalue weighted by molar-refractivity contribution is 7.11. The van der Waals surface area contributed by atoms with Crippen LogP contribution in [0.2, 0.25) is 0 Å². The lowest BCUT2D eigenvalue weighted by atomic mass is 10.1. The van der Waals surface area contributed by atoms with Gasteiger partial charge in [-0.05, 0) is 5.56 Å². The van der Waals surface area contributed by atoms with Gasteiger partial charge in [-0.1, -0.05) is 30.3 Å². The topological polar surface area (TPSA) is 59.1 Å². The van der Waals surface area contributed by atoms with Gasteiger partial charge in [-0.25, -0.2) is 4.98 Å². The molecule has 0 aliphatic heterocycles. The van der Waals surface area contributed by atoms with Crippen molar-refractivity contribution in [3.8, 4) is 0 Å². The van der Waals surface area contributed by atoms with Crippen molar-refractivity contribution in [2.24, 2.45) is 0 Å². The maximum atomic E-state index is 11.6. The number of aromatic nitrogens is 1. The quantitative estimate of drug-likeness (QED) is 0.832. The van der Waals surface area contributed by atoms with Gasteiger partial charge in [0.2, 0.25) is 11.7 Å². The van der Waals surface area contributed by atoms with E-state index in [2.05, 4.69) is 10.3 Å². The molecule has 1 aromatic carbocycles. The fourth-order valence-corrected chi connectivity index (χ4v) is 2.04. The van der Waals surface area contributed by atoms with E-state index >= 15 is 0 Å². The molecule has 0 atom stereocenters. The standard InChI is InChI=1S/C13H12N2O2S/c16-11(13-14-6-7-18-13)9-15-12(17)8-10-4-2-1-3-5-10/h1-7H,8-9H2,(H,15,17). The number of carbonyl (C=O) groups is 2. The van der Waals surface area contributed by atoms with Gasteiger partial charge < -0.3 is 5.32 Å². The molecule has 0 unspecified atom stereocenters. The lowest BCUT2D eigenvalue weighted by Gasteiger charge is -2.03. The number of rotatable bonds is 5. The average molecular weight is 260 g/mol. The molecule has 2 aromatic rings. The Hall–Kier alpha value is -2.01. The Morgan fingerprint density at radius 1 is 1.22 bits per heavy atom. The van der Waals surface area contributed by atoms with Crippen molar-refractivity contribution >= 4 is 23.0 Å². The van der Waals surface area contributed by atoms with E-state index in [9.17, 15) is 9.59 Å². The predicted octanol–water partition coefficient (Wildman–Crippen LogP) is 1.68. The minimum atomic E-state index is -0.161. The number of benzene rings is 1. The zero-order chi connectivity index (χ0) is 12.8. The van der Waals surface area contributed by atoms with Crippen LogP contribution >= 0.6 is 11.3 Å². The molecule has 0 aliphatic carbocycles. The van der Waals surface area contributed by atoms with Gasteiger partial charge in [0.25, 0.3) is 0 Å². The molecule has 92 valence electrons. The number of Topliss-reactive ketones (excluding diaryl/α,β-unsaturated/α-hetero) is 1. The Balaban J connectivity index is 1.80. The van der Waals surface area contributed by atoms with Crippen LogP contribution in [0.5, 0.6) is 0 Å². The number of carbonyl (C=O) groups excluding carboxylic acids is 2. The highest BCUT2D eigenvalue weighted by Gasteiger charge is 2.10. The van der Waals surface area contributed by atoms with Crippen LogP contribution in [-0.4, -0.2) is 23.2 Å². The van der Waals surface area contributed by atoms with E-state index in [-0.39, 0.29) is 24.7 Å². The van der Waals surface area contributed by atoms with Crippen LogP contribution < -0.4 is 5.32 Å². The first kappa shape index (κ1) is 12.4. The first-order chi connectivity index (χ1) is 8.75. The Morgan fingerprint density at radius 2 is 2.00 bits per heavy atom. The summed E-state index contributed by atoms with van der Waals surface area (Å²) in [7, 11) is 0. The molecule has 0 saturated carbocycles. The number of thiazole rings is 1. The zero-order valence-electron chi connectivity index (χ0n) is 9.63. The smallest absolute Gasteiger partial charge is 0.224 e. The van der Waals surface area contributed by atoms with E-state index in [4.69, 9.17) is 0 Å². The first-order valence-electron chi connectivity index (χ1n) is 5.49. The van der Waals surface area contributed by atoms with Crippen LogP contribution in [-0.2, 0) is 11.2 Å². The Morgan fingerprint density at radius 3 is 2.67 bits per heavy atom. The van der Waals surface area contributed by atoms with Gasteiger partial charge in [0, 0.05) is 11.6 Å². The molecule has 1 heterocycles. The van der Waals surface area contributed by atoms with E-state index in [1.807, 2.05) is 30.3 Å². The summed E-state index contributed by atoms with van der Waals surface area (Å²) in [5.41, 5.74) is 0.927. The summed E-state index contributed by atoms with van der Waals surface area (Å²) in [6.45, 7) is -0.000813. The summed E-state index contributed by atoms with van der Waals surface area (Å²) >= 11 is 1.27.